The first kappa shape index (κ1) is 15.0. The summed E-state index contributed by atoms with van der Waals surface area (Å²) < 4.78 is 77.0. The SMILES string of the molecule is CC(C)(C)OC(=O)C(F)(F)C(F)(F)[C](F)F. The largest absolute Gasteiger partial charge is 0.455 e. The summed E-state index contributed by atoms with van der Waals surface area (Å²) in [6.07, 6.45) is -3.84. The average molecular weight is 251 g/mol. The van der Waals surface area contributed by atoms with E-state index in [9.17, 15) is 31.1 Å². The lowest BCUT2D eigenvalue weighted by Gasteiger charge is -2.27. The first-order valence-corrected chi connectivity index (χ1v) is 4.00. The van der Waals surface area contributed by atoms with Gasteiger partial charge in [-0.3, -0.25) is 0 Å². The van der Waals surface area contributed by atoms with Crippen molar-refractivity contribution in [2.75, 3.05) is 0 Å². The Morgan fingerprint density at radius 1 is 0.938 bits per heavy atom. The molecule has 0 aliphatic carbocycles. The third kappa shape index (κ3) is 3.02. The van der Waals surface area contributed by atoms with Gasteiger partial charge in [-0.2, -0.15) is 26.3 Å². The van der Waals surface area contributed by atoms with Gasteiger partial charge in [0.2, 0.25) is 0 Å². The number of halogens is 6. The molecule has 0 saturated heterocycles. The number of carbonyl (C=O) groups excluding carboxylic acids is 1. The predicted molar refractivity (Wildman–Crippen MR) is 41.2 cm³/mol. The van der Waals surface area contributed by atoms with Crippen LogP contribution in [0.1, 0.15) is 20.8 Å². The second-order valence-corrected chi connectivity index (χ2v) is 3.91. The van der Waals surface area contributed by atoms with Crippen LogP contribution in [0.25, 0.3) is 0 Å². The molecule has 0 atom stereocenters. The maximum atomic E-state index is 12.7. The predicted octanol–water partition coefficient (Wildman–Crippen LogP) is 3.03. The van der Waals surface area contributed by atoms with Crippen molar-refractivity contribution in [1.29, 1.82) is 0 Å². The highest BCUT2D eigenvalue weighted by molar-refractivity contribution is 5.79. The van der Waals surface area contributed by atoms with E-state index in [1.165, 1.54) is 0 Å². The van der Waals surface area contributed by atoms with Crippen LogP contribution in [0.15, 0.2) is 0 Å². The normalized spacial score (nSPS) is 14.1. The molecule has 0 aliphatic heterocycles. The molecule has 2 nitrogen and oxygen atoms in total. The highest BCUT2D eigenvalue weighted by atomic mass is 19.3. The highest BCUT2D eigenvalue weighted by Gasteiger charge is 2.70. The summed E-state index contributed by atoms with van der Waals surface area (Å²) in [5.74, 6) is -14.1. The maximum absolute atomic E-state index is 12.7. The molecule has 0 saturated carbocycles. The number of esters is 1. The quantitative estimate of drug-likeness (QED) is 0.569. The lowest BCUT2D eigenvalue weighted by atomic mass is 10.1. The molecule has 1 radical (unpaired) electrons. The summed E-state index contributed by atoms with van der Waals surface area (Å²) in [4.78, 5) is 10.6. The minimum atomic E-state index is -5.84. The summed E-state index contributed by atoms with van der Waals surface area (Å²) in [5.41, 5.74) is -1.48. The molecule has 0 rings (SSSR count). The van der Waals surface area contributed by atoms with E-state index in [-0.39, 0.29) is 0 Å². The number of ether oxygens (including phenoxy) is 1. The van der Waals surface area contributed by atoms with Gasteiger partial charge in [-0.15, -0.1) is 0 Å². The Morgan fingerprint density at radius 3 is 1.56 bits per heavy atom. The molecule has 8 heteroatoms. The standard InChI is InChI=1S/C8H9F6O2/c1-6(2,3)16-5(15)8(13,14)7(11,12)4(9)10/h1-3H3. The number of rotatable bonds is 3. The molecule has 0 fully saturated rings. The van der Waals surface area contributed by atoms with E-state index in [4.69, 9.17) is 0 Å². The van der Waals surface area contributed by atoms with Crippen LogP contribution < -0.4 is 0 Å². The van der Waals surface area contributed by atoms with Crippen molar-refractivity contribution in [3.8, 4) is 0 Å². The molecule has 0 aromatic rings. The molecule has 0 unspecified atom stereocenters. The fourth-order valence-corrected chi connectivity index (χ4v) is 0.589. The molecular formula is C8H9F6O2. The molecular weight excluding hydrogens is 242 g/mol. The fraction of sp³-hybridized carbons (Fsp3) is 0.750. The molecule has 0 N–H and O–H groups in total. The van der Waals surface area contributed by atoms with Crippen molar-refractivity contribution >= 4 is 5.97 Å². The summed E-state index contributed by atoms with van der Waals surface area (Å²) in [5, 5.41) is 0. The molecule has 0 bridgehead atoms. The van der Waals surface area contributed by atoms with Gasteiger partial charge in [-0.25, -0.2) is 4.79 Å². The zero-order chi connectivity index (χ0) is 13.4. The fourth-order valence-electron chi connectivity index (χ4n) is 0.589. The Balaban J connectivity index is 5.00. The zero-order valence-corrected chi connectivity index (χ0v) is 8.58. The molecule has 0 aromatic heterocycles. The van der Waals surface area contributed by atoms with Gasteiger partial charge in [-0.05, 0) is 20.8 Å². The van der Waals surface area contributed by atoms with Gasteiger partial charge in [0.05, 0.1) is 0 Å². The number of alkyl halides is 4. The minimum absolute atomic E-state index is 1.13. The number of carbonyl (C=O) groups is 1. The Bertz CT molecular complexity index is 268. The zero-order valence-electron chi connectivity index (χ0n) is 8.58. The van der Waals surface area contributed by atoms with Crippen molar-refractivity contribution in [3.63, 3.8) is 0 Å². The Kier molecular flexibility index (Phi) is 3.89. The topological polar surface area (TPSA) is 26.3 Å². The van der Waals surface area contributed by atoms with Gasteiger partial charge in [0.25, 0.3) is 0 Å². The van der Waals surface area contributed by atoms with Crippen molar-refractivity contribution in [2.24, 2.45) is 0 Å². The van der Waals surface area contributed by atoms with Crippen LogP contribution in [0.5, 0.6) is 0 Å². The summed E-state index contributed by atoms with van der Waals surface area (Å²) in [6.45, 7) is 3.40. The lowest BCUT2D eigenvalue weighted by Crippen LogP contribution is -2.51. The second kappa shape index (κ2) is 4.14. The summed E-state index contributed by atoms with van der Waals surface area (Å²) in [7, 11) is 0. The van der Waals surface area contributed by atoms with Crippen molar-refractivity contribution in [3.05, 3.63) is 6.43 Å². The van der Waals surface area contributed by atoms with Crippen molar-refractivity contribution in [2.45, 2.75) is 38.2 Å². The molecule has 0 amide bonds. The van der Waals surface area contributed by atoms with Crippen LogP contribution in [0, 0.1) is 6.43 Å². The molecule has 0 aliphatic rings. The highest BCUT2D eigenvalue weighted by Crippen LogP contribution is 2.43. The van der Waals surface area contributed by atoms with E-state index < -0.39 is 29.8 Å². The monoisotopic (exact) mass is 251 g/mol. The van der Waals surface area contributed by atoms with Crippen molar-refractivity contribution in [1.82, 2.24) is 0 Å². The number of hydrogen-bond acceptors (Lipinski definition) is 2. The van der Waals surface area contributed by atoms with Crippen LogP contribution in [-0.4, -0.2) is 23.4 Å². The molecule has 95 valence electrons. The second-order valence-electron chi connectivity index (χ2n) is 3.91. The van der Waals surface area contributed by atoms with Crippen LogP contribution in [0.2, 0.25) is 0 Å². The van der Waals surface area contributed by atoms with E-state index in [2.05, 4.69) is 4.74 Å². The smallest absolute Gasteiger partial charge is 0.411 e. The van der Waals surface area contributed by atoms with Crippen LogP contribution in [0.4, 0.5) is 26.3 Å². The van der Waals surface area contributed by atoms with Gasteiger partial charge in [0.1, 0.15) is 5.60 Å². The Morgan fingerprint density at radius 2 is 1.31 bits per heavy atom. The van der Waals surface area contributed by atoms with E-state index >= 15 is 0 Å². The van der Waals surface area contributed by atoms with E-state index in [1.54, 1.807) is 0 Å². The minimum Gasteiger partial charge on any atom is -0.455 e. The lowest BCUT2D eigenvalue weighted by molar-refractivity contribution is -0.246. The third-order valence-electron chi connectivity index (χ3n) is 1.29. The summed E-state index contributed by atoms with van der Waals surface area (Å²) >= 11 is 0. The average Bonchev–Trinajstić information content (AvgIpc) is 1.99. The molecule has 0 heterocycles. The Hall–Kier alpha value is -0.950. The number of hydrogen-bond donors (Lipinski definition) is 0. The molecule has 0 spiro atoms. The van der Waals surface area contributed by atoms with E-state index in [0.29, 0.717) is 0 Å². The molecule has 16 heavy (non-hydrogen) atoms. The van der Waals surface area contributed by atoms with E-state index in [0.717, 1.165) is 20.8 Å². The van der Waals surface area contributed by atoms with Crippen LogP contribution in [-0.2, 0) is 9.53 Å². The van der Waals surface area contributed by atoms with Crippen molar-refractivity contribution < 1.29 is 35.9 Å². The van der Waals surface area contributed by atoms with Gasteiger partial charge in [0, 0.05) is 0 Å². The van der Waals surface area contributed by atoms with Gasteiger partial charge < -0.3 is 4.74 Å². The van der Waals surface area contributed by atoms with Gasteiger partial charge >= 0.3 is 24.2 Å². The van der Waals surface area contributed by atoms with Crippen LogP contribution >= 0.6 is 0 Å². The first-order chi connectivity index (χ1) is 6.82. The summed E-state index contributed by atoms with van der Waals surface area (Å²) in [6, 6.07) is 0. The maximum Gasteiger partial charge on any atom is 0.411 e. The molecule has 0 aromatic carbocycles. The van der Waals surface area contributed by atoms with Gasteiger partial charge in [0.15, 0.2) is 0 Å². The van der Waals surface area contributed by atoms with Gasteiger partial charge in [-0.1, -0.05) is 0 Å². The first-order valence-electron chi connectivity index (χ1n) is 4.00. The Labute approximate surface area is 87.6 Å². The van der Waals surface area contributed by atoms with E-state index in [1.807, 2.05) is 0 Å². The third-order valence-corrected chi connectivity index (χ3v) is 1.29. The van der Waals surface area contributed by atoms with Crippen LogP contribution in [0.3, 0.4) is 0 Å².